The van der Waals surface area contributed by atoms with Crippen LogP contribution < -0.4 is 5.32 Å². The van der Waals surface area contributed by atoms with Crippen molar-refractivity contribution >= 4 is 0 Å². The summed E-state index contributed by atoms with van der Waals surface area (Å²) in [7, 11) is 1.86. The van der Waals surface area contributed by atoms with E-state index in [1.807, 2.05) is 14.0 Å². The zero-order valence-electron chi connectivity index (χ0n) is 9.40. The van der Waals surface area contributed by atoms with Crippen LogP contribution in [0.2, 0.25) is 0 Å². The molecule has 1 rings (SSSR count). The first-order valence-corrected chi connectivity index (χ1v) is 5.17. The van der Waals surface area contributed by atoms with Gasteiger partial charge in [0.1, 0.15) is 0 Å². The van der Waals surface area contributed by atoms with Gasteiger partial charge >= 0.3 is 0 Å². The standard InChI is InChI=1S/C12H17F2N/c1-8-4-6-10(12(14)11(8)13)7-5-9(2)15-3/h4,6,9,15H,5,7H2,1-3H3. The summed E-state index contributed by atoms with van der Waals surface area (Å²) < 4.78 is 26.6. The number of rotatable bonds is 4. The zero-order chi connectivity index (χ0) is 11.4. The third kappa shape index (κ3) is 2.99. The van der Waals surface area contributed by atoms with Gasteiger partial charge < -0.3 is 5.32 Å². The Balaban J connectivity index is 2.74. The van der Waals surface area contributed by atoms with E-state index in [1.54, 1.807) is 19.1 Å². The van der Waals surface area contributed by atoms with Crippen LogP contribution in [0.4, 0.5) is 8.78 Å². The minimum absolute atomic E-state index is 0.314. The second kappa shape index (κ2) is 5.21. The highest BCUT2D eigenvalue weighted by Crippen LogP contribution is 2.17. The predicted molar refractivity (Wildman–Crippen MR) is 57.9 cm³/mol. The van der Waals surface area contributed by atoms with E-state index in [2.05, 4.69) is 5.32 Å². The largest absolute Gasteiger partial charge is 0.317 e. The third-order valence-corrected chi connectivity index (χ3v) is 2.69. The summed E-state index contributed by atoms with van der Waals surface area (Å²) in [6.07, 6.45) is 1.36. The van der Waals surface area contributed by atoms with Crippen molar-refractivity contribution in [1.82, 2.24) is 5.32 Å². The molecule has 0 spiro atoms. The summed E-state index contributed by atoms with van der Waals surface area (Å²) in [6, 6.07) is 3.60. The molecule has 84 valence electrons. The average molecular weight is 213 g/mol. The lowest BCUT2D eigenvalue weighted by Crippen LogP contribution is -2.21. The summed E-state index contributed by atoms with van der Waals surface area (Å²) in [5.41, 5.74) is 0.818. The highest BCUT2D eigenvalue weighted by atomic mass is 19.2. The quantitative estimate of drug-likeness (QED) is 0.811. The van der Waals surface area contributed by atoms with Gasteiger partial charge in [0, 0.05) is 6.04 Å². The number of hydrogen-bond acceptors (Lipinski definition) is 1. The topological polar surface area (TPSA) is 12.0 Å². The predicted octanol–water partition coefficient (Wildman–Crippen LogP) is 2.81. The fourth-order valence-corrected chi connectivity index (χ4v) is 1.40. The lowest BCUT2D eigenvalue weighted by molar-refractivity contribution is 0.485. The Morgan fingerprint density at radius 1 is 1.27 bits per heavy atom. The normalized spacial score (nSPS) is 12.9. The number of aryl methyl sites for hydroxylation is 2. The monoisotopic (exact) mass is 213 g/mol. The molecular weight excluding hydrogens is 196 g/mol. The molecule has 1 N–H and O–H groups in total. The molecule has 0 amide bonds. The van der Waals surface area contributed by atoms with E-state index < -0.39 is 11.6 Å². The second-order valence-corrected chi connectivity index (χ2v) is 3.90. The van der Waals surface area contributed by atoms with Crippen molar-refractivity contribution < 1.29 is 8.78 Å². The van der Waals surface area contributed by atoms with Crippen molar-refractivity contribution in [2.24, 2.45) is 0 Å². The van der Waals surface area contributed by atoms with E-state index >= 15 is 0 Å². The number of hydrogen-bond donors (Lipinski definition) is 1. The van der Waals surface area contributed by atoms with E-state index in [9.17, 15) is 8.78 Å². The molecule has 0 aliphatic heterocycles. The molecule has 15 heavy (non-hydrogen) atoms. The van der Waals surface area contributed by atoms with Gasteiger partial charge in [-0.2, -0.15) is 0 Å². The second-order valence-electron chi connectivity index (χ2n) is 3.90. The van der Waals surface area contributed by atoms with Gasteiger partial charge in [-0.3, -0.25) is 0 Å². The highest BCUT2D eigenvalue weighted by molar-refractivity contribution is 5.25. The van der Waals surface area contributed by atoms with Crippen LogP contribution in [0, 0.1) is 18.6 Å². The molecule has 1 aromatic rings. The number of nitrogens with one attached hydrogen (secondary N) is 1. The third-order valence-electron chi connectivity index (χ3n) is 2.69. The fourth-order valence-electron chi connectivity index (χ4n) is 1.40. The van der Waals surface area contributed by atoms with Gasteiger partial charge in [-0.15, -0.1) is 0 Å². The molecule has 0 aliphatic rings. The Morgan fingerprint density at radius 3 is 2.53 bits per heavy atom. The van der Waals surface area contributed by atoms with Gasteiger partial charge in [0.15, 0.2) is 11.6 Å². The van der Waals surface area contributed by atoms with Crippen LogP contribution in [0.5, 0.6) is 0 Å². The minimum Gasteiger partial charge on any atom is -0.317 e. The van der Waals surface area contributed by atoms with Gasteiger partial charge in [0.25, 0.3) is 0 Å². The Labute approximate surface area is 89.5 Å². The maximum atomic E-state index is 13.4. The van der Waals surface area contributed by atoms with Gasteiger partial charge in [0.2, 0.25) is 0 Å². The first kappa shape index (κ1) is 12.1. The van der Waals surface area contributed by atoms with Gasteiger partial charge in [-0.25, -0.2) is 8.78 Å². The van der Waals surface area contributed by atoms with Crippen LogP contribution >= 0.6 is 0 Å². The van der Waals surface area contributed by atoms with Crippen molar-refractivity contribution in [3.63, 3.8) is 0 Å². The molecule has 0 aliphatic carbocycles. The summed E-state index contributed by atoms with van der Waals surface area (Å²) >= 11 is 0. The van der Waals surface area contributed by atoms with Crippen LogP contribution in [0.15, 0.2) is 12.1 Å². The Morgan fingerprint density at radius 2 is 1.93 bits per heavy atom. The molecule has 3 heteroatoms. The van der Waals surface area contributed by atoms with Gasteiger partial charge in [-0.1, -0.05) is 12.1 Å². The molecular formula is C12H17F2N. The average Bonchev–Trinajstić information content (AvgIpc) is 2.24. The first-order chi connectivity index (χ1) is 7.06. The maximum absolute atomic E-state index is 13.4. The maximum Gasteiger partial charge on any atom is 0.162 e. The van der Waals surface area contributed by atoms with Crippen molar-refractivity contribution in [3.8, 4) is 0 Å². The molecule has 0 bridgehead atoms. The lowest BCUT2D eigenvalue weighted by Gasteiger charge is -2.10. The molecule has 1 atom stereocenters. The SMILES string of the molecule is CNC(C)CCc1ccc(C)c(F)c1F. The van der Waals surface area contributed by atoms with Crippen molar-refractivity contribution in [2.75, 3.05) is 7.05 Å². The van der Waals surface area contributed by atoms with Crippen molar-refractivity contribution in [1.29, 1.82) is 0 Å². The zero-order valence-corrected chi connectivity index (χ0v) is 9.40. The fraction of sp³-hybridized carbons (Fsp3) is 0.500. The Bertz CT molecular complexity index is 337. The van der Waals surface area contributed by atoms with E-state index in [4.69, 9.17) is 0 Å². The van der Waals surface area contributed by atoms with E-state index in [-0.39, 0.29) is 0 Å². The van der Waals surface area contributed by atoms with Crippen LogP contribution in [0.1, 0.15) is 24.5 Å². The Hall–Kier alpha value is -0.960. The van der Waals surface area contributed by atoms with Crippen LogP contribution in [0.3, 0.4) is 0 Å². The Kier molecular flexibility index (Phi) is 4.21. The summed E-state index contributed by atoms with van der Waals surface area (Å²) in [5, 5.41) is 3.06. The molecule has 0 radical (unpaired) electrons. The lowest BCUT2D eigenvalue weighted by atomic mass is 10.0. The molecule has 0 aromatic heterocycles. The molecule has 0 saturated heterocycles. The van der Waals surface area contributed by atoms with Crippen LogP contribution in [-0.2, 0) is 6.42 Å². The number of benzene rings is 1. The van der Waals surface area contributed by atoms with E-state index in [1.165, 1.54) is 0 Å². The van der Waals surface area contributed by atoms with Gasteiger partial charge in [-0.05, 0) is 44.9 Å². The smallest absolute Gasteiger partial charge is 0.162 e. The number of halogens is 2. The molecule has 0 saturated carbocycles. The first-order valence-electron chi connectivity index (χ1n) is 5.17. The van der Waals surface area contributed by atoms with Crippen LogP contribution in [0.25, 0.3) is 0 Å². The molecule has 1 nitrogen and oxygen atoms in total. The van der Waals surface area contributed by atoms with Crippen molar-refractivity contribution in [2.45, 2.75) is 32.7 Å². The van der Waals surface area contributed by atoms with E-state index in [0.29, 0.717) is 23.6 Å². The highest BCUT2D eigenvalue weighted by Gasteiger charge is 2.11. The minimum atomic E-state index is -0.718. The van der Waals surface area contributed by atoms with Gasteiger partial charge in [0.05, 0.1) is 0 Å². The van der Waals surface area contributed by atoms with Crippen LogP contribution in [-0.4, -0.2) is 13.1 Å². The molecule has 0 fully saturated rings. The van der Waals surface area contributed by atoms with Crippen molar-refractivity contribution in [3.05, 3.63) is 34.9 Å². The van der Waals surface area contributed by atoms with E-state index in [0.717, 1.165) is 6.42 Å². The molecule has 1 aromatic carbocycles. The molecule has 1 unspecified atom stereocenters. The summed E-state index contributed by atoms with van der Waals surface area (Å²) in [5.74, 6) is -1.41. The molecule has 0 heterocycles. The summed E-state index contributed by atoms with van der Waals surface area (Å²) in [4.78, 5) is 0. The summed E-state index contributed by atoms with van der Waals surface area (Å²) in [6.45, 7) is 3.58.